The summed E-state index contributed by atoms with van der Waals surface area (Å²) in [5, 5.41) is 3.34. The molecule has 2 aliphatic heterocycles. The fraction of sp³-hybridized carbons (Fsp3) is 0.933. The van der Waals surface area contributed by atoms with Crippen LogP contribution in [-0.4, -0.2) is 62.4 Å². The summed E-state index contributed by atoms with van der Waals surface area (Å²) in [5.74, 6) is 0.289. The number of amides is 1. The lowest BCUT2D eigenvalue weighted by Gasteiger charge is -2.35. The molecule has 5 heteroatoms. The third-order valence-corrected chi connectivity index (χ3v) is 4.15. The van der Waals surface area contributed by atoms with Gasteiger partial charge in [-0.1, -0.05) is 6.42 Å². The van der Waals surface area contributed by atoms with Crippen LogP contribution in [0.25, 0.3) is 0 Å². The first kappa shape index (κ1) is 15.7. The van der Waals surface area contributed by atoms with E-state index in [2.05, 4.69) is 5.32 Å². The van der Waals surface area contributed by atoms with Gasteiger partial charge >= 0.3 is 0 Å². The zero-order valence-electron chi connectivity index (χ0n) is 12.6. The van der Waals surface area contributed by atoms with E-state index in [0.29, 0.717) is 19.3 Å². The van der Waals surface area contributed by atoms with E-state index < -0.39 is 0 Å². The average molecular weight is 284 g/mol. The van der Waals surface area contributed by atoms with E-state index in [4.69, 9.17) is 9.47 Å². The fourth-order valence-electron chi connectivity index (χ4n) is 2.94. The first-order valence-corrected chi connectivity index (χ1v) is 8.02. The van der Waals surface area contributed by atoms with E-state index in [-0.39, 0.29) is 11.9 Å². The molecule has 1 amide bonds. The minimum absolute atomic E-state index is 0.0548. The number of carbonyl (C=O) groups is 1. The Morgan fingerprint density at radius 1 is 1.20 bits per heavy atom. The quantitative estimate of drug-likeness (QED) is 0.744. The Bertz CT molecular complexity index is 285. The van der Waals surface area contributed by atoms with Crippen molar-refractivity contribution in [2.24, 2.45) is 0 Å². The Morgan fingerprint density at radius 3 is 2.65 bits per heavy atom. The van der Waals surface area contributed by atoms with Crippen molar-refractivity contribution in [3.63, 3.8) is 0 Å². The number of likely N-dealkylation sites (tertiary alicyclic amines) is 1. The molecular weight excluding hydrogens is 256 g/mol. The highest BCUT2D eigenvalue weighted by Gasteiger charge is 2.29. The molecule has 0 spiro atoms. The van der Waals surface area contributed by atoms with Crippen LogP contribution in [0.1, 0.15) is 39.0 Å². The second-order valence-corrected chi connectivity index (χ2v) is 5.59. The summed E-state index contributed by atoms with van der Waals surface area (Å²) < 4.78 is 11.0. The van der Waals surface area contributed by atoms with Crippen LogP contribution in [0, 0.1) is 0 Å². The maximum Gasteiger partial charge on any atom is 0.239 e. The molecule has 0 aromatic rings. The number of piperidine rings is 2. The summed E-state index contributed by atoms with van der Waals surface area (Å²) in [5.41, 5.74) is 0. The van der Waals surface area contributed by atoms with Gasteiger partial charge in [-0.05, 0) is 39.2 Å². The summed E-state index contributed by atoms with van der Waals surface area (Å²) in [6.07, 6.45) is 5.54. The molecule has 5 nitrogen and oxygen atoms in total. The number of rotatable bonds is 6. The van der Waals surface area contributed by atoms with Crippen LogP contribution in [0.3, 0.4) is 0 Å². The number of nitrogens with one attached hydrogen (secondary N) is 1. The smallest absolute Gasteiger partial charge is 0.239 e. The molecule has 2 saturated heterocycles. The van der Waals surface area contributed by atoms with Crippen molar-refractivity contribution in [2.75, 3.05) is 39.5 Å². The van der Waals surface area contributed by atoms with Crippen LogP contribution in [0.2, 0.25) is 0 Å². The number of ether oxygens (including phenoxy) is 2. The second-order valence-electron chi connectivity index (χ2n) is 5.59. The molecule has 1 N–H and O–H groups in total. The number of hydrogen-bond acceptors (Lipinski definition) is 4. The minimum Gasteiger partial charge on any atom is -0.379 e. The van der Waals surface area contributed by atoms with Crippen molar-refractivity contribution in [3.05, 3.63) is 0 Å². The highest BCUT2D eigenvalue weighted by Crippen LogP contribution is 2.17. The topological polar surface area (TPSA) is 50.8 Å². The van der Waals surface area contributed by atoms with Gasteiger partial charge in [-0.2, -0.15) is 0 Å². The highest BCUT2D eigenvalue weighted by molar-refractivity contribution is 5.82. The molecule has 1 unspecified atom stereocenters. The molecule has 2 aliphatic rings. The number of hydrogen-bond donors (Lipinski definition) is 1. The van der Waals surface area contributed by atoms with Crippen LogP contribution >= 0.6 is 0 Å². The monoisotopic (exact) mass is 284 g/mol. The van der Waals surface area contributed by atoms with Gasteiger partial charge in [0.05, 0.1) is 25.4 Å². The van der Waals surface area contributed by atoms with E-state index in [9.17, 15) is 4.79 Å². The zero-order valence-corrected chi connectivity index (χ0v) is 12.6. The fourth-order valence-corrected chi connectivity index (χ4v) is 2.94. The van der Waals surface area contributed by atoms with Gasteiger partial charge in [-0.25, -0.2) is 0 Å². The molecule has 0 radical (unpaired) electrons. The highest BCUT2D eigenvalue weighted by atomic mass is 16.5. The van der Waals surface area contributed by atoms with Crippen LogP contribution in [0.4, 0.5) is 0 Å². The minimum atomic E-state index is 0.0548. The van der Waals surface area contributed by atoms with Gasteiger partial charge in [0.25, 0.3) is 0 Å². The summed E-state index contributed by atoms with van der Waals surface area (Å²) in [4.78, 5) is 14.4. The first-order valence-electron chi connectivity index (χ1n) is 8.02. The lowest BCUT2D eigenvalue weighted by molar-refractivity contribution is -0.136. The molecule has 2 rings (SSSR count). The normalized spacial score (nSPS) is 24.9. The molecule has 0 bridgehead atoms. The van der Waals surface area contributed by atoms with Crippen molar-refractivity contribution >= 4 is 5.91 Å². The van der Waals surface area contributed by atoms with Gasteiger partial charge in [0.1, 0.15) is 0 Å². The van der Waals surface area contributed by atoms with Crippen LogP contribution in [-0.2, 0) is 14.3 Å². The lowest BCUT2D eigenvalue weighted by atomic mass is 10.0. The van der Waals surface area contributed by atoms with Crippen molar-refractivity contribution in [3.8, 4) is 0 Å². The summed E-state index contributed by atoms with van der Waals surface area (Å²) >= 11 is 0. The number of carbonyl (C=O) groups excluding carboxylic acids is 1. The van der Waals surface area contributed by atoms with E-state index in [1.54, 1.807) is 0 Å². The SMILES string of the molecule is CCOCCOC1CCN(C(=O)C2CCCCN2)CC1. The molecule has 1 atom stereocenters. The molecule has 0 saturated carbocycles. The van der Waals surface area contributed by atoms with Crippen LogP contribution in [0.15, 0.2) is 0 Å². The standard InChI is InChI=1S/C15H28N2O3/c1-2-19-11-12-20-13-6-9-17(10-7-13)15(18)14-5-3-4-8-16-14/h13-14,16H,2-12H2,1H3. The van der Waals surface area contributed by atoms with Gasteiger partial charge in [0.2, 0.25) is 5.91 Å². The maximum absolute atomic E-state index is 12.4. The van der Waals surface area contributed by atoms with Crippen LogP contribution < -0.4 is 5.32 Å². The van der Waals surface area contributed by atoms with E-state index in [1.807, 2.05) is 11.8 Å². The van der Waals surface area contributed by atoms with Gasteiger partial charge < -0.3 is 19.7 Å². The van der Waals surface area contributed by atoms with Crippen molar-refractivity contribution in [1.82, 2.24) is 10.2 Å². The third-order valence-electron chi connectivity index (χ3n) is 4.15. The van der Waals surface area contributed by atoms with Crippen molar-refractivity contribution in [2.45, 2.75) is 51.2 Å². The van der Waals surface area contributed by atoms with Gasteiger partial charge in [-0.3, -0.25) is 4.79 Å². The van der Waals surface area contributed by atoms with E-state index in [0.717, 1.165) is 45.5 Å². The molecule has 116 valence electrons. The predicted molar refractivity (Wildman–Crippen MR) is 77.7 cm³/mol. The van der Waals surface area contributed by atoms with Crippen LogP contribution in [0.5, 0.6) is 0 Å². The number of nitrogens with zero attached hydrogens (tertiary/aromatic N) is 1. The molecule has 0 aromatic carbocycles. The Morgan fingerprint density at radius 2 is 2.00 bits per heavy atom. The molecule has 2 heterocycles. The molecular formula is C15H28N2O3. The largest absolute Gasteiger partial charge is 0.379 e. The molecule has 0 aliphatic carbocycles. The Balaban J connectivity index is 1.64. The van der Waals surface area contributed by atoms with E-state index >= 15 is 0 Å². The third kappa shape index (κ3) is 4.72. The Labute approximate surface area is 122 Å². The summed E-state index contributed by atoms with van der Waals surface area (Å²) in [6.45, 7) is 6.70. The molecule has 2 fully saturated rings. The zero-order chi connectivity index (χ0) is 14.2. The van der Waals surface area contributed by atoms with Crippen molar-refractivity contribution < 1.29 is 14.3 Å². The summed E-state index contributed by atoms with van der Waals surface area (Å²) in [6, 6.07) is 0.0548. The van der Waals surface area contributed by atoms with Crippen molar-refractivity contribution in [1.29, 1.82) is 0 Å². The van der Waals surface area contributed by atoms with Gasteiger partial charge in [0, 0.05) is 19.7 Å². The lowest BCUT2D eigenvalue weighted by Crippen LogP contribution is -2.51. The van der Waals surface area contributed by atoms with E-state index in [1.165, 1.54) is 12.8 Å². The predicted octanol–water partition coefficient (Wildman–Crippen LogP) is 1.17. The first-order chi connectivity index (χ1) is 9.81. The second kappa shape index (κ2) is 8.60. The summed E-state index contributed by atoms with van der Waals surface area (Å²) in [7, 11) is 0. The molecule has 20 heavy (non-hydrogen) atoms. The maximum atomic E-state index is 12.4. The van der Waals surface area contributed by atoms with Gasteiger partial charge in [0.15, 0.2) is 0 Å². The Hall–Kier alpha value is -0.650. The molecule has 0 aromatic heterocycles. The Kier molecular flexibility index (Phi) is 6.76. The average Bonchev–Trinajstić information content (AvgIpc) is 2.52. The van der Waals surface area contributed by atoms with Gasteiger partial charge in [-0.15, -0.1) is 0 Å².